The van der Waals surface area contributed by atoms with E-state index in [0.717, 1.165) is 29.2 Å². The standard InChI is InChI=1S/C14H13N3S2/c15-14-17-12(9-19-14)11-8-18-13(16-11)7-6-10-4-2-1-3-5-10/h1-5,8-9H,6-7H2,(H2,15,17). The van der Waals surface area contributed by atoms with Crippen molar-refractivity contribution < 1.29 is 0 Å². The molecule has 0 bridgehead atoms. The molecule has 2 heterocycles. The van der Waals surface area contributed by atoms with Gasteiger partial charge in [0.05, 0.1) is 5.01 Å². The molecule has 0 aliphatic rings. The molecule has 0 amide bonds. The molecule has 1 aromatic carbocycles. The molecule has 3 nitrogen and oxygen atoms in total. The van der Waals surface area contributed by atoms with Crippen LogP contribution in [0, 0.1) is 0 Å². The smallest absolute Gasteiger partial charge is 0.180 e. The molecule has 2 N–H and O–H groups in total. The fourth-order valence-corrected chi connectivity index (χ4v) is 3.19. The van der Waals surface area contributed by atoms with E-state index >= 15 is 0 Å². The summed E-state index contributed by atoms with van der Waals surface area (Å²) in [5, 5.41) is 5.74. The van der Waals surface area contributed by atoms with Crippen LogP contribution in [0.25, 0.3) is 11.4 Å². The van der Waals surface area contributed by atoms with Crippen molar-refractivity contribution in [2.75, 3.05) is 5.73 Å². The van der Waals surface area contributed by atoms with Crippen molar-refractivity contribution in [1.29, 1.82) is 0 Å². The minimum absolute atomic E-state index is 0.592. The molecule has 3 rings (SSSR count). The van der Waals surface area contributed by atoms with E-state index in [9.17, 15) is 0 Å². The zero-order valence-corrected chi connectivity index (χ0v) is 11.9. The number of benzene rings is 1. The van der Waals surface area contributed by atoms with Gasteiger partial charge < -0.3 is 5.73 Å². The molecular formula is C14H13N3S2. The summed E-state index contributed by atoms with van der Waals surface area (Å²) in [6.45, 7) is 0. The van der Waals surface area contributed by atoms with Crippen LogP contribution < -0.4 is 5.73 Å². The molecule has 0 aliphatic heterocycles. The number of hydrogen-bond acceptors (Lipinski definition) is 5. The van der Waals surface area contributed by atoms with Crippen molar-refractivity contribution in [2.45, 2.75) is 12.8 Å². The Morgan fingerprint density at radius 2 is 1.63 bits per heavy atom. The second-order valence-electron chi connectivity index (χ2n) is 4.18. The number of hydrogen-bond donors (Lipinski definition) is 1. The normalized spacial score (nSPS) is 10.7. The van der Waals surface area contributed by atoms with Crippen LogP contribution in [0.3, 0.4) is 0 Å². The number of rotatable bonds is 4. The highest BCUT2D eigenvalue weighted by Gasteiger charge is 2.07. The van der Waals surface area contributed by atoms with Crippen molar-refractivity contribution in [3.63, 3.8) is 0 Å². The molecule has 0 radical (unpaired) electrons. The van der Waals surface area contributed by atoms with E-state index in [0.29, 0.717) is 5.13 Å². The monoisotopic (exact) mass is 287 g/mol. The molecule has 0 saturated carbocycles. The van der Waals surface area contributed by atoms with Gasteiger partial charge in [0.15, 0.2) is 5.13 Å². The van der Waals surface area contributed by atoms with Crippen LogP contribution in [0.1, 0.15) is 10.6 Å². The summed E-state index contributed by atoms with van der Waals surface area (Å²) < 4.78 is 0. The number of aryl methyl sites for hydroxylation is 2. The first-order valence-electron chi connectivity index (χ1n) is 6.01. The van der Waals surface area contributed by atoms with Gasteiger partial charge in [-0.05, 0) is 12.0 Å². The minimum Gasteiger partial charge on any atom is -0.375 e. The third kappa shape index (κ3) is 3.00. The predicted octanol–water partition coefficient (Wildman–Crippen LogP) is 3.63. The first-order chi connectivity index (χ1) is 9.31. The maximum Gasteiger partial charge on any atom is 0.180 e. The van der Waals surface area contributed by atoms with Gasteiger partial charge in [-0.25, -0.2) is 9.97 Å². The van der Waals surface area contributed by atoms with Crippen molar-refractivity contribution in [2.24, 2.45) is 0 Å². The van der Waals surface area contributed by atoms with Gasteiger partial charge in [0, 0.05) is 17.2 Å². The van der Waals surface area contributed by atoms with Crippen molar-refractivity contribution in [3.05, 3.63) is 51.7 Å². The summed E-state index contributed by atoms with van der Waals surface area (Å²) in [5.41, 5.74) is 8.80. The van der Waals surface area contributed by atoms with Gasteiger partial charge in [-0.2, -0.15) is 0 Å². The maximum absolute atomic E-state index is 5.64. The number of thiazole rings is 2. The number of nitrogens with two attached hydrogens (primary N) is 1. The Balaban J connectivity index is 1.68. The number of anilines is 1. The van der Waals surface area contributed by atoms with Crippen LogP contribution in [0.5, 0.6) is 0 Å². The highest BCUT2D eigenvalue weighted by atomic mass is 32.1. The highest BCUT2D eigenvalue weighted by molar-refractivity contribution is 7.14. The van der Waals surface area contributed by atoms with Crippen LogP contribution in [-0.2, 0) is 12.8 Å². The predicted molar refractivity (Wildman–Crippen MR) is 81.5 cm³/mol. The molecule has 2 aromatic heterocycles. The zero-order valence-electron chi connectivity index (χ0n) is 10.2. The van der Waals surface area contributed by atoms with Gasteiger partial charge in [0.2, 0.25) is 0 Å². The first-order valence-corrected chi connectivity index (χ1v) is 7.77. The quantitative estimate of drug-likeness (QED) is 0.797. The van der Waals surface area contributed by atoms with Gasteiger partial charge in [-0.15, -0.1) is 22.7 Å². The van der Waals surface area contributed by atoms with E-state index in [-0.39, 0.29) is 0 Å². The summed E-state index contributed by atoms with van der Waals surface area (Å²) in [5.74, 6) is 0. The van der Waals surface area contributed by atoms with Crippen LogP contribution in [0.2, 0.25) is 0 Å². The average Bonchev–Trinajstić information content (AvgIpc) is 3.06. The molecule has 5 heteroatoms. The van der Waals surface area contributed by atoms with E-state index < -0.39 is 0 Å². The maximum atomic E-state index is 5.64. The molecule has 0 fully saturated rings. The van der Waals surface area contributed by atoms with E-state index in [2.05, 4.69) is 39.6 Å². The van der Waals surface area contributed by atoms with Crippen LogP contribution in [0.15, 0.2) is 41.1 Å². The zero-order chi connectivity index (χ0) is 13.1. The fraction of sp³-hybridized carbons (Fsp3) is 0.143. The van der Waals surface area contributed by atoms with Gasteiger partial charge in [-0.3, -0.25) is 0 Å². The lowest BCUT2D eigenvalue weighted by atomic mass is 10.1. The molecule has 96 valence electrons. The van der Waals surface area contributed by atoms with Gasteiger partial charge in [-0.1, -0.05) is 30.3 Å². The average molecular weight is 287 g/mol. The Hall–Kier alpha value is -1.72. The lowest BCUT2D eigenvalue weighted by Gasteiger charge is -1.97. The largest absolute Gasteiger partial charge is 0.375 e. The number of nitrogens with zero attached hydrogens (tertiary/aromatic N) is 2. The lowest BCUT2D eigenvalue weighted by Crippen LogP contribution is -1.90. The summed E-state index contributed by atoms with van der Waals surface area (Å²) in [6, 6.07) is 10.5. The van der Waals surface area contributed by atoms with Crippen LogP contribution in [-0.4, -0.2) is 9.97 Å². The van der Waals surface area contributed by atoms with Crippen LogP contribution >= 0.6 is 22.7 Å². The third-order valence-electron chi connectivity index (χ3n) is 2.81. The summed E-state index contributed by atoms with van der Waals surface area (Å²) in [6.07, 6.45) is 1.99. The number of aromatic nitrogens is 2. The SMILES string of the molecule is Nc1nc(-c2csc(CCc3ccccc3)n2)cs1. The summed E-state index contributed by atoms with van der Waals surface area (Å²) in [7, 11) is 0. The molecule has 3 aromatic rings. The number of nitrogen functional groups attached to an aromatic ring is 1. The fourth-order valence-electron chi connectivity index (χ4n) is 1.84. The van der Waals surface area contributed by atoms with E-state index in [1.165, 1.54) is 16.9 Å². The summed E-state index contributed by atoms with van der Waals surface area (Å²) in [4.78, 5) is 8.87. The van der Waals surface area contributed by atoms with Crippen molar-refractivity contribution >= 4 is 27.8 Å². The van der Waals surface area contributed by atoms with Gasteiger partial charge in [0.1, 0.15) is 11.4 Å². The van der Waals surface area contributed by atoms with E-state index in [1.54, 1.807) is 11.3 Å². The van der Waals surface area contributed by atoms with Crippen molar-refractivity contribution in [1.82, 2.24) is 9.97 Å². The Labute approximate surface area is 119 Å². The third-order valence-corrected chi connectivity index (χ3v) is 4.39. The molecule has 0 saturated heterocycles. The molecule has 0 spiro atoms. The van der Waals surface area contributed by atoms with E-state index in [4.69, 9.17) is 5.73 Å². The van der Waals surface area contributed by atoms with E-state index in [1.807, 2.05) is 11.4 Å². The van der Waals surface area contributed by atoms with Crippen LogP contribution in [0.4, 0.5) is 5.13 Å². The second-order valence-corrected chi connectivity index (χ2v) is 6.02. The Bertz CT molecular complexity index is 658. The van der Waals surface area contributed by atoms with Crippen molar-refractivity contribution in [3.8, 4) is 11.4 Å². The molecular weight excluding hydrogens is 274 g/mol. The first kappa shape index (κ1) is 12.3. The Kier molecular flexibility index (Phi) is 3.57. The highest BCUT2D eigenvalue weighted by Crippen LogP contribution is 2.25. The molecule has 0 aliphatic carbocycles. The Morgan fingerprint density at radius 3 is 2.37 bits per heavy atom. The molecule has 19 heavy (non-hydrogen) atoms. The topological polar surface area (TPSA) is 51.8 Å². The second kappa shape index (κ2) is 5.50. The minimum atomic E-state index is 0.592. The molecule has 0 unspecified atom stereocenters. The Morgan fingerprint density at radius 1 is 0.895 bits per heavy atom. The van der Waals surface area contributed by atoms with Gasteiger partial charge >= 0.3 is 0 Å². The lowest BCUT2D eigenvalue weighted by molar-refractivity contribution is 0.945. The van der Waals surface area contributed by atoms with Gasteiger partial charge in [0.25, 0.3) is 0 Å². The summed E-state index contributed by atoms with van der Waals surface area (Å²) >= 11 is 3.14. The molecule has 0 atom stereocenters.